The number of unbranched alkanes of at least 4 members (excludes halogenated alkanes) is 1. The number of likely N-dealkylation sites (tertiary alicyclic amines) is 1. The van der Waals surface area contributed by atoms with Crippen LogP contribution in [0.1, 0.15) is 54.5 Å². The average molecular weight is 295 g/mol. The number of carbonyl (C=O) groups is 1. The SMILES string of the molecule is Cc1nc(C(=O)NCCCCN2CCCCC2C)cs1. The van der Waals surface area contributed by atoms with Crippen LogP contribution in [0.4, 0.5) is 0 Å². The molecule has 1 aromatic rings. The smallest absolute Gasteiger partial charge is 0.270 e. The van der Waals surface area contributed by atoms with Crippen LogP contribution in [0.5, 0.6) is 0 Å². The number of carbonyl (C=O) groups excluding carboxylic acids is 1. The summed E-state index contributed by atoms with van der Waals surface area (Å²) in [4.78, 5) is 18.6. The summed E-state index contributed by atoms with van der Waals surface area (Å²) in [5.74, 6) is -0.0410. The number of nitrogens with zero attached hydrogens (tertiary/aromatic N) is 2. The van der Waals surface area contributed by atoms with E-state index in [0.29, 0.717) is 5.69 Å². The predicted octanol–water partition coefficient (Wildman–Crippen LogP) is 2.84. The molecule has 0 aromatic carbocycles. The van der Waals surface area contributed by atoms with Crippen molar-refractivity contribution in [2.75, 3.05) is 19.6 Å². The van der Waals surface area contributed by atoms with Crippen LogP contribution in [0.15, 0.2) is 5.38 Å². The zero-order valence-corrected chi connectivity index (χ0v) is 13.3. The van der Waals surface area contributed by atoms with Gasteiger partial charge in [0, 0.05) is 18.0 Å². The highest BCUT2D eigenvalue weighted by Crippen LogP contribution is 2.16. The molecule has 2 heterocycles. The average Bonchev–Trinajstić information content (AvgIpc) is 2.87. The maximum atomic E-state index is 11.8. The summed E-state index contributed by atoms with van der Waals surface area (Å²) in [6.07, 6.45) is 6.24. The Bertz CT molecular complexity index is 433. The van der Waals surface area contributed by atoms with Crippen LogP contribution in [0, 0.1) is 6.92 Å². The Morgan fingerprint density at radius 3 is 3.05 bits per heavy atom. The van der Waals surface area contributed by atoms with Gasteiger partial charge in [-0.05, 0) is 52.6 Å². The second-order valence-corrected chi connectivity index (χ2v) is 6.66. The molecule has 2 rings (SSSR count). The fourth-order valence-electron chi connectivity index (χ4n) is 2.69. The summed E-state index contributed by atoms with van der Waals surface area (Å²) in [5, 5.41) is 5.71. The van der Waals surface area contributed by atoms with Crippen LogP contribution in [0.25, 0.3) is 0 Å². The summed E-state index contributed by atoms with van der Waals surface area (Å²) < 4.78 is 0. The molecule has 0 spiro atoms. The maximum Gasteiger partial charge on any atom is 0.270 e. The van der Waals surface area contributed by atoms with Gasteiger partial charge in [-0.1, -0.05) is 6.42 Å². The van der Waals surface area contributed by atoms with Crippen LogP contribution in [0.2, 0.25) is 0 Å². The number of piperidine rings is 1. The second-order valence-electron chi connectivity index (χ2n) is 5.60. The minimum Gasteiger partial charge on any atom is -0.351 e. The van der Waals surface area contributed by atoms with Crippen molar-refractivity contribution in [2.45, 2.75) is 52.0 Å². The molecule has 1 aliphatic heterocycles. The summed E-state index contributed by atoms with van der Waals surface area (Å²) in [6.45, 7) is 7.39. The Morgan fingerprint density at radius 2 is 2.35 bits per heavy atom. The van der Waals surface area contributed by atoms with Crippen LogP contribution in [0.3, 0.4) is 0 Å². The molecular weight excluding hydrogens is 270 g/mol. The van der Waals surface area contributed by atoms with Crippen molar-refractivity contribution >= 4 is 17.2 Å². The number of aryl methyl sites for hydroxylation is 1. The van der Waals surface area contributed by atoms with Gasteiger partial charge in [-0.15, -0.1) is 11.3 Å². The minimum atomic E-state index is -0.0410. The number of hydrogen-bond acceptors (Lipinski definition) is 4. The highest BCUT2D eigenvalue weighted by molar-refractivity contribution is 7.09. The Kier molecular flexibility index (Phi) is 5.98. The molecule has 0 aliphatic carbocycles. The lowest BCUT2D eigenvalue weighted by molar-refractivity contribution is 0.0947. The van der Waals surface area contributed by atoms with Gasteiger partial charge in [0.05, 0.1) is 5.01 Å². The number of hydrogen-bond donors (Lipinski definition) is 1. The van der Waals surface area contributed by atoms with Gasteiger partial charge >= 0.3 is 0 Å². The van der Waals surface area contributed by atoms with Gasteiger partial charge in [-0.25, -0.2) is 4.98 Å². The number of rotatable bonds is 6. The zero-order chi connectivity index (χ0) is 14.4. The molecule has 0 saturated carbocycles. The molecule has 1 amide bonds. The number of aromatic nitrogens is 1. The molecule has 0 bridgehead atoms. The third-order valence-corrected chi connectivity index (χ3v) is 4.72. The summed E-state index contributed by atoms with van der Waals surface area (Å²) in [6, 6.07) is 0.733. The monoisotopic (exact) mass is 295 g/mol. The number of nitrogens with one attached hydrogen (secondary N) is 1. The molecule has 4 nitrogen and oxygen atoms in total. The van der Waals surface area contributed by atoms with E-state index in [-0.39, 0.29) is 5.91 Å². The first-order chi connectivity index (χ1) is 9.66. The van der Waals surface area contributed by atoms with Gasteiger partial charge in [0.15, 0.2) is 0 Å². The summed E-state index contributed by atoms with van der Waals surface area (Å²) >= 11 is 1.52. The van der Waals surface area contributed by atoms with Gasteiger partial charge in [0.1, 0.15) is 5.69 Å². The Balaban J connectivity index is 1.58. The number of thiazole rings is 1. The molecule has 0 radical (unpaired) electrons. The third-order valence-electron chi connectivity index (χ3n) is 3.95. The van der Waals surface area contributed by atoms with E-state index in [9.17, 15) is 4.79 Å². The lowest BCUT2D eigenvalue weighted by Crippen LogP contribution is -2.38. The molecular formula is C15H25N3OS. The van der Waals surface area contributed by atoms with Gasteiger partial charge in [0.25, 0.3) is 5.91 Å². The molecule has 112 valence electrons. The van der Waals surface area contributed by atoms with Crippen molar-refractivity contribution in [3.05, 3.63) is 16.1 Å². The molecule has 5 heteroatoms. The molecule has 1 saturated heterocycles. The fraction of sp³-hybridized carbons (Fsp3) is 0.733. The van der Waals surface area contributed by atoms with Crippen LogP contribution < -0.4 is 5.32 Å². The molecule has 1 N–H and O–H groups in total. The standard InChI is InChI=1S/C15H25N3OS/c1-12-7-3-5-9-18(12)10-6-4-8-16-15(19)14-11-20-13(2)17-14/h11-12H,3-10H2,1-2H3,(H,16,19). The van der Waals surface area contributed by atoms with Crippen molar-refractivity contribution in [2.24, 2.45) is 0 Å². The van der Waals surface area contributed by atoms with Crippen LogP contribution >= 0.6 is 11.3 Å². The summed E-state index contributed by atoms with van der Waals surface area (Å²) in [5.41, 5.74) is 0.553. The topological polar surface area (TPSA) is 45.2 Å². The van der Waals surface area contributed by atoms with Crippen LogP contribution in [-0.4, -0.2) is 41.5 Å². The van der Waals surface area contributed by atoms with Gasteiger partial charge in [-0.2, -0.15) is 0 Å². The Hall–Kier alpha value is -0.940. The van der Waals surface area contributed by atoms with Gasteiger partial charge in [-0.3, -0.25) is 4.79 Å². The minimum absolute atomic E-state index is 0.0410. The van der Waals surface area contributed by atoms with Gasteiger partial charge < -0.3 is 10.2 Å². The summed E-state index contributed by atoms with van der Waals surface area (Å²) in [7, 11) is 0. The lowest BCUT2D eigenvalue weighted by Gasteiger charge is -2.33. The Labute approximate surface area is 125 Å². The van der Waals surface area contributed by atoms with E-state index in [4.69, 9.17) is 0 Å². The number of amides is 1. The molecule has 1 aromatic heterocycles. The third kappa shape index (κ3) is 4.56. The van der Waals surface area contributed by atoms with Crippen molar-refractivity contribution < 1.29 is 4.79 Å². The fourth-order valence-corrected chi connectivity index (χ4v) is 3.28. The second kappa shape index (κ2) is 7.74. The molecule has 20 heavy (non-hydrogen) atoms. The first kappa shape index (κ1) is 15.4. The highest BCUT2D eigenvalue weighted by atomic mass is 32.1. The van der Waals surface area contributed by atoms with E-state index in [0.717, 1.165) is 37.0 Å². The molecule has 1 unspecified atom stereocenters. The Morgan fingerprint density at radius 1 is 1.50 bits per heavy atom. The van der Waals surface area contributed by atoms with E-state index in [2.05, 4.69) is 22.1 Å². The van der Waals surface area contributed by atoms with E-state index in [1.165, 1.54) is 37.1 Å². The van der Waals surface area contributed by atoms with Crippen molar-refractivity contribution in [3.8, 4) is 0 Å². The molecule has 1 fully saturated rings. The first-order valence-corrected chi connectivity index (χ1v) is 8.49. The van der Waals surface area contributed by atoms with Crippen molar-refractivity contribution in [1.82, 2.24) is 15.2 Å². The van der Waals surface area contributed by atoms with E-state index < -0.39 is 0 Å². The van der Waals surface area contributed by atoms with Gasteiger partial charge in [0.2, 0.25) is 0 Å². The van der Waals surface area contributed by atoms with E-state index >= 15 is 0 Å². The normalized spacial score (nSPS) is 20.0. The van der Waals surface area contributed by atoms with E-state index in [1.807, 2.05) is 12.3 Å². The van der Waals surface area contributed by atoms with E-state index in [1.54, 1.807) is 0 Å². The van der Waals surface area contributed by atoms with Crippen molar-refractivity contribution in [1.29, 1.82) is 0 Å². The lowest BCUT2D eigenvalue weighted by atomic mass is 10.0. The zero-order valence-electron chi connectivity index (χ0n) is 12.5. The van der Waals surface area contributed by atoms with Crippen molar-refractivity contribution in [3.63, 3.8) is 0 Å². The molecule has 1 atom stereocenters. The predicted molar refractivity (Wildman–Crippen MR) is 83.3 cm³/mol. The van der Waals surface area contributed by atoms with Crippen LogP contribution in [-0.2, 0) is 0 Å². The quantitative estimate of drug-likeness (QED) is 0.821. The molecule has 1 aliphatic rings. The maximum absolute atomic E-state index is 11.8. The first-order valence-electron chi connectivity index (χ1n) is 7.61. The highest BCUT2D eigenvalue weighted by Gasteiger charge is 2.17. The largest absolute Gasteiger partial charge is 0.351 e.